The van der Waals surface area contributed by atoms with Gasteiger partial charge in [-0.25, -0.2) is 0 Å². The maximum Gasteiger partial charge on any atom is 0.310 e. The van der Waals surface area contributed by atoms with E-state index in [1.165, 1.54) is 0 Å². The summed E-state index contributed by atoms with van der Waals surface area (Å²) in [5.41, 5.74) is 3.35. The summed E-state index contributed by atoms with van der Waals surface area (Å²) in [5, 5.41) is 4.21. The zero-order valence-electron chi connectivity index (χ0n) is 15.1. The third-order valence-electron chi connectivity index (χ3n) is 4.26. The summed E-state index contributed by atoms with van der Waals surface area (Å²) in [6.07, 6.45) is 1.59. The van der Waals surface area contributed by atoms with Crippen molar-refractivity contribution in [3.63, 3.8) is 0 Å². The average molecular weight is 386 g/mol. The second-order valence-electron chi connectivity index (χ2n) is 6.41. The molecule has 0 bridgehead atoms. The molecule has 1 N–H and O–H groups in total. The van der Waals surface area contributed by atoms with Crippen LogP contribution < -0.4 is 5.32 Å². The van der Waals surface area contributed by atoms with Crippen LogP contribution in [0.3, 0.4) is 0 Å². The normalized spacial score (nSPS) is 12.0. The molecular weight excluding hydrogens is 366 g/mol. The molecule has 0 saturated carbocycles. The van der Waals surface area contributed by atoms with Gasteiger partial charge in [0.2, 0.25) is 0 Å². The highest BCUT2D eigenvalue weighted by Gasteiger charge is 2.15. The molecule has 3 aromatic rings. The molecular formula is C21H20ClNO4. The number of hydrogen-bond acceptors (Lipinski definition) is 4. The van der Waals surface area contributed by atoms with Crippen LogP contribution in [-0.2, 0) is 20.7 Å². The van der Waals surface area contributed by atoms with Gasteiger partial charge in [-0.2, -0.15) is 0 Å². The molecule has 0 saturated heterocycles. The second kappa shape index (κ2) is 8.27. The van der Waals surface area contributed by atoms with E-state index in [1.807, 2.05) is 50.2 Å². The van der Waals surface area contributed by atoms with Crippen molar-refractivity contribution in [3.05, 3.63) is 70.4 Å². The lowest BCUT2D eigenvalue weighted by Gasteiger charge is -2.15. The molecule has 1 heterocycles. The standard InChI is InChI=1S/C21H20ClNO4/c1-13-7-8-17-15(11-26-19(17)9-13)10-21(25)27-12-20(24)23-14(2)16-5-3-4-6-18(16)22/h3-9,11,14H,10,12H2,1-2H3,(H,23,24)/t14-/m0/s1. The molecule has 0 aliphatic rings. The van der Waals surface area contributed by atoms with Gasteiger partial charge in [0, 0.05) is 16.0 Å². The van der Waals surface area contributed by atoms with Gasteiger partial charge in [-0.1, -0.05) is 41.9 Å². The number of hydrogen-bond donors (Lipinski definition) is 1. The number of halogens is 1. The molecule has 0 aliphatic carbocycles. The van der Waals surface area contributed by atoms with Crippen molar-refractivity contribution in [3.8, 4) is 0 Å². The van der Waals surface area contributed by atoms with Crippen LogP contribution in [-0.4, -0.2) is 18.5 Å². The molecule has 27 heavy (non-hydrogen) atoms. The van der Waals surface area contributed by atoms with Crippen molar-refractivity contribution in [1.82, 2.24) is 5.32 Å². The molecule has 1 amide bonds. The molecule has 6 heteroatoms. The van der Waals surface area contributed by atoms with Crippen molar-refractivity contribution in [2.45, 2.75) is 26.3 Å². The first-order chi connectivity index (χ1) is 12.9. The summed E-state index contributed by atoms with van der Waals surface area (Å²) in [5.74, 6) is -0.873. The number of carbonyl (C=O) groups excluding carboxylic acids is 2. The minimum Gasteiger partial charge on any atom is -0.464 e. The van der Waals surface area contributed by atoms with E-state index in [-0.39, 0.29) is 25.0 Å². The number of ether oxygens (including phenoxy) is 1. The fourth-order valence-corrected chi connectivity index (χ4v) is 3.17. The predicted octanol–water partition coefficient (Wildman–Crippen LogP) is 4.36. The van der Waals surface area contributed by atoms with Crippen LogP contribution in [0.2, 0.25) is 5.02 Å². The average Bonchev–Trinajstić information content (AvgIpc) is 3.02. The van der Waals surface area contributed by atoms with Gasteiger partial charge in [0.1, 0.15) is 5.58 Å². The smallest absolute Gasteiger partial charge is 0.310 e. The number of furan rings is 1. The predicted molar refractivity (Wildman–Crippen MR) is 104 cm³/mol. The van der Waals surface area contributed by atoms with Crippen LogP contribution in [0.5, 0.6) is 0 Å². The van der Waals surface area contributed by atoms with E-state index in [0.29, 0.717) is 5.02 Å². The number of rotatable bonds is 6. The number of esters is 1. The van der Waals surface area contributed by atoms with Gasteiger partial charge < -0.3 is 14.5 Å². The summed E-state index contributed by atoms with van der Waals surface area (Å²) in [6, 6.07) is 12.8. The van der Waals surface area contributed by atoms with Gasteiger partial charge in [0.15, 0.2) is 6.61 Å². The van der Waals surface area contributed by atoms with Gasteiger partial charge in [0.05, 0.1) is 18.7 Å². The van der Waals surface area contributed by atoms with Crippen LogP contribution in [0, 0.1) is 6.92 Å². The maximum atomic E-state index is 12.1. The summed E-state index contributed by atoms with van der Waals surface area (Å²) in [7, 11) is 0. The van der Waals surface area contributed by atoms with E-state index in [0.717, 1.165) is 27.7 Å². The van der Waals surface area contributed by atoms with E-state index < -0.39 is 5.97 Å². The highest BCUT2D eigenvalue weighted by molar-refractivity contribution is 6.31. The minimum atomic E-state index is -0.487. The third kappa shape index (κ3) is 4.68. The Kier molecular flexibility index (Phi) is 5.81. The largest absolute Gasteiger partial charge is 0.464 e. The molecule has 0 aliphatic heterocycles. The molecule has 1 atom stereocenters. The Morgan fingerprint density at radius 2 is 2.00 bits per heavy atom. The summed E-state index contributed by atoms with van der Waals surface area (Å²) in [4.78, 5) is 24.1. The highest BCUT2D eigenvalue weighted by atomic mass is 35.5. The Morgan fingerprint density at radius 3 is 2.78 bits per heavy atom. The monoisotopic (exact) mass is 385 g/mol. The lowest BCUT2D eigenvalue weighted by molar-refractivity contribution is -0.148. The second-order valence-corrected chi connectivity index (χ2v) is 6.82. The highest BCUT2D eigenvalue weighted by Crippen LogP contribution is 2.23. The van der Waals surface area contributed by atoms with E-state index in [9.17, 15) is 9.59 Å². The van der Waals surface area contributed by atoms with Gasteiger partial charge in [-0.15, -0.1) is 0 Å². The molecule has 5 nitrogen and oxygen atoms in total. The number of benzene rings is 2. The molecule has 0 radical (unpaired) electrons. The van der Waals surface area contributed by atoms with E-state index >= 15 is 0 Å². The number of carbonyl (C=O) groups is 2. The SMILES string of the molecule is Cc1ccc2c(CC(=O)OCC(=O)N[C@@H](C)c3ccccc3Cl)coc2c1. The van der Waals surface area contributed by atoms with Crippen molar-refractivity contribution in [2.75, 3.05) is 6.61 Å². The van der Waals surface area contributed by atoms with Gasteiger partial charge in [-0.3, -0.25) is 9.59 Å². The van der Waals surface area contributed by atoms with E-state index in [1.54, 1.807) is 12.3 Å². The van der Waals surface area contributed by atoms with Crippen molar-refractivity contribution in [2.24, 2.45) is 0 Å². The molecule has 2 aromatic carbocycles. The third-order valence-corrected chi connectivity index (χ3v) is 4.60. The lowest BCUT2D eigenvalue weighted by Crippen LogP contribution is -2.31. The molecule has 3 rings (SSSR count). The van der Waals surface area contributed by atoms with Crippen LogP contribution in [0.1, 0.15) is 29.7 Å². The van der Waals surface area contributed by atoms with Gasteiger partial charge in [0.25, 0.3) is 5.91 Å². The first-order valence-electron chi connectivity index (χ1n) is 8.60. The first kappa shape index (κ1) is 19.0. The molecule has 1 aromatic heterocycles. The number of fused-ring (bicyclic) bond motifs is 1. The zero-order chi connectivity index (χ0) is 19.4. The number of aryl methyl sites for hydroxylation is 1. The Balaban J connectivity index is 1.52. The van der Waals surface area contributed by atoms with E-state index in [2.05, 4.69) is 5.32 Å². The minimum absolute atomic E-state index is 0.0450. The summed E-state index contributed by atoms with van der Waals surface area (Å²) in [6.45, 7) is 3.45. The number of nitrogens with one attached hydrogen (secondary N) is 1. The topological polar surface area (TPSA) is 68.5 Å². The fraction of sp³-hybridized carbons (Fsp3) is 0.238. The molecule has 0 fully saturated rings. The molecule has 0 unspecified atom stereocenters. The Hall–Kier alpha value is -2.79. The van der Waals surface area contributed by atoms with Crippen LogP contribution in [0.15, 0.2) is 53.1 Å². The first-order valence-corrected chi connectivity index (χ1v) is 8.98. The summed E-state index contributed by atoms with van der Waals surface area (Å²) >= 11 is 6.12. The molecule has 140 valence electrons. The fourth-order valence-electron chi connectivity index (χ4n) is 2.87. The van der Waals surface area contributed by atoms with Crippen molar-refractivity contribution < 1.29 is 18.7 Å². The van der Waals surface area contributed by atoms with Crippen LogP contribution in [0.25, 0.3) is 11.0 Å². The molecule has 0 spiro atoms. The number of amides is 1. The van der Waals surface area contributed by atoms with Crippen molar-refractivity contribution >= 4 is 34.4 Å². The van der Waals surface area contributed by atoms with Gasteiger partial charge in [-0.05, 0) is 37.1 Å². The van der Waals surface area contributed by atoms with E-state index in [4.69, 9.17) is 20.8 Å². The van der Waals surface area contributed by atoms with Crippen molar-refractivity contribution in [1.29, 1.82) is 0 Å². The lowest BCUT2D eigenvalue weighted by atomic mass is 10.1. The van der Waals surface area contributed by atoms with Crippen LogP contribution in [0.4, 0.5) is 0 Å². The maximum absolute atomic E-state index is 12.1. The van der Waals surface area contributed by atoms with Crippen LogP contribution >= 0.6 is 11.6 Å². The Morgan fingerprint density at radius 1 is 1.22 bits per heavy atom. The zero-order valence-corrected chi connectivity index (χ0v) is 15.9. The Bertz CT molecular complexity index is 979. The summed E-state index contributed by atoms with van der Waals surface area (Å²) < 4.78 is 10.6. The van der Waals surface area contributed by atoms with Gasteiger partial charge >= 0.3 is 5.97 Å². The quantitative estimate of drug-likeness (QED) is 0.640. The Labute approximate surface area is 162 Å².